The average molecular weight is 261 g/mol. The van der Waals surface area contributed by atoms with Crippen molar-refractivity contribution >= 4 is 17.5 Å². The first-order chi connectivity index (χ1) is 9.15. The second kappa shape index (κ2) is 5.99. The number of hydrogen-bond donors (Lipinski definition) is 2. The van der Waals surface area contributed by atoms with Gasteiger partial charge in [-0.15, -0.1) is 0 Å². The predicted octanol–water partition coefficient (Wildman–Crippen LogP) is -0.0245. The first-order valence-corrected chi connectivity index (χ1v) is 5.96. The van der Waals surface area contributed by atoms with Crippen molar-refractivity contribution in [3.05, 3.63) is 35.9 Å². The third-order valence-corrected chi connectivity index (χ3v) is 2.74. The molecule has 1 aliphatic rings. The minimum absolute atomic E-state index is 0.101. The number of primary amides is 1. The van der Waals surface area contributed by atoms with Crippen molar-refractivity contribution < 1.29 is 14.4 Å². The Labute approximate surface area is 110 Å². The fraction of sp³-hybridized carbons (Fsp3) is 0.308. The van der Waals surface area contributed by atoms with Crippen LogP contribution in [0.1, 0.15) is 12.0 Å². The third-order valence-electron chi connectivity index (χ3n) is 2.74. The second-order valence-electron chi connectivity index (χ2n) is 4.30. The van der Waals surface area contributed by atoms with Gasteiger partial charge in [-0.1, -0.05) is 35.5 Å². The Bertz CT molecular complexity index is 499. The summed E-state index contributed by atoms with van der Waals surface area (Å²) in [6.45, 7) is 0.273. The van der Waals surface area contributed by atoms with Crippen LogP contribution in [0, 0.1) is 0 Å². The van der Waals surface area contributed by atoms with E-state index in [1.54, 1.807) is 0 Å². The van der Waals surface area contributed by atoms with E-state index >= 15 is 0 Å². The van der Waals surface area contributed by atoms with E-state index in [4.69, 9.17) is 10.6 Å². The maximum atomic E-state index is 11.7. The Hall–Kier alpha value is -2.37. The summed E-state index contributed by atoms with van der Waals surface area (Å²) >= 11 is 0. The van der Waals surface area contributed by atoms with Crippen LogP contribution in [0.3, 0.4) is 0 Å². The summed E-state index contributed by atoms with van der Waals surface area (Å²) < 4.78 is 0. The standard InChI is InChI=1S/C13H15N3O3/c14-13(18)11-7-10(16-19-11)8-15-12(17)6-9-4-2-1-3-5-9/h1-5,11H,6-8H2,(H2,14,18)(H,15,17). The minimum Gasteiger partial charge on any atom is -0.382 e. The number of hydrogen-bond acceptors (Lipinski definition) is 4. The highest BCUT2D eigenvalue weighted by Gasteiger charge is 2.25. The third kappa shape index (κ3) is 3.80. The van der Waals surface area contributed by atoms with Crippen LogP contribution in [0.25, 0.3) is 0 Å². The van der Waals surface area contributed by atoms with E-state index in [0.29, 0.717) is 18.6 Å². The Balaban J connectivity index is 1.74. The van der Waals surface area contributed by atoms with Crippen molar-refractivity contribution in [1.29, 1.82) is 0 Å². The van der Waals surface area contributed by atoms with Gasteiger partial charge in [-0.3, -0.25) is 9.59 Å². The maximum absolute atomic E-state index is 11.7. The Kier molecular flexibility index (Phi) is 4.12. The van der Waals surface area contributed by atoms with Crippen molar-refractivity contribution in [3.63, 3.8) is 0 Å². The Morgan fingerprint density at radius 3 is 2.74 bits per heavy atom. The van der Waals surface area contributed by atoms with Crippen molar-refractivity contribution in [2.45, 2.75) is 18.9 Å². The van der Waals surface area contributed by atoms with Crippen LogP contribution in [-0.2, 0) is 20.8 Å². The molecule has 1 aromatic carbocycles. The number of oxime groups is 1. The summed E-state index contributed by atoms with van der Waals surface area (Å²) in [6.07, 6.45) is -0.0594. The summed E-state index contributed by atoms with van der Waals surface area (Å²) in [5, 5.41) is 6.45. The molecule has 0 radical (unpaired) electrons. The molecular formula is C13H15N3O3. The van der Waals surface area contributed by atoms with Crippen LogP contribution in [0.4, 0.5) is 0 Å². The molecule has 0 aromatic heterocycles. The van der Waals surface area contributed by atoms with E-state index < -0.39 is 12.0 Å². The zero-order valence-corrected chi connectivity index (χ0v) is 10.3. The van der Waals surface area contributed by atoms with Crippen molar-refractivity contribution in [2.24, 2.45) is 10.9 Å². The number of rotatable bonds is 5. The number of carbonyl (C=O) groups is 2. The Morgan fingerprint density at radius 2 is 2.11 bits per heavy atom. The van der Waals surface area contributed by atoms with Crippen LogP contribution in [0.2, 0.25) is 0 Å². The highest BCUT2D eigenvalue weighted by molar-refractivity contribution is 5.95. The molecule has 0 saturated carbocycles. The average Bonchev–Trinajstić information content (AvgIpc) is 2.86. The predicted molar refractivity (Wildman–Crippen MR) is 69.3 cm³/mol. The number of nitrogens with one attached hydrogen (secondary N) is 1. The summed E-state index contributed by atoms with van der Waals surface area (Å²) in [7, 11) is 0. The van der Waals surface area contributed by atoms with Gasteiger partial charge in [0.05, 0.1) is 18.7 Å². The van der Waals surface area contributed by atoms with Crippen molar-refractivity contribution in [1.82, 2.24) is 5.32 Å². The molecule has 1 heterocycles. The fourth-order valence-corrected chi connectivity index (χ4v) is 1.73. The van der Waals surface area contributed by atoms with E-state index in [2.05, 4.69) is 10.5 Å². The van der Waals surface area contributed by atoms with Crippen LogP contribution in [0.15, 0.2) is 35.5 Å². The fourth-order valence-electron chi connectivity index (χ4n) is 1.73. The lowest BCUT2D eigenvalue weighted by Gasteiger charge is -2.04. The van der Waals surface area contributed by atoms with E-state index in [9.17, 15) is 9.59 Å². The smallest absolute Gasteiger partial charge is 0.261 e. The zero-order chi connectivity index (χ0) is 13.7. The lowest BCUT2D eigenvalue weighted by atomic mass is 10.1. The van der Waals surface area contributed by atoms with E-state index in [0.717, 1.165) is 5.56 Å². The van der Waals surface area contributed by atoms with E-state index in [-0.39, 0.29) is 12.5 Å². The molecule has 1 unspecified atom stereocenters. The molecule has 0 fully saturated rings. The highest BCUT2D eigenvalue weighted by atomic mass is 16.6. The topological polar surface area (TPSA) is 93.8 Å². The van der Waals surface area contributed by atoms with Gasteiger partial charge in [0.25, 0.3) is 5.91 Å². The van der Waals surface area contributed by atoms with Crippen molar-refractivity contribution in [3.8, 4) is 0 Å². The maximum Gasteiger partial charge on any atom is 0.261 e. The molecule has 1 aliphatic heterocycles. The van der Waals surface area contributed by atoms with Gasteiger partial charge in [0, 0.05) is 6.42 Å². The normalized spacial score (nSPS) is 17.5. The monoisotopic (exact) mass is 261 g/mol. The molecule has 0 saturated heterocycles. The first-order valence-electron chi connectivity index (χ1n) is 5.96. The first kappa shape index (κ1) is 13.1. The number of benzene rings is 1. The second-order valence-corrected chi connectivity index (χ2v) is 4.30. The molecule has 6 nitrogen and oxygen atoms in total. The summed E-state index contributed by atoms with van der Waals surface area (Å²) in [6, 6.07) is 9.44. The van der Waals surface area contributed by atoms with Crippen LogP contribution in [0.5, 0.6) is 0 Å². The molecule has 2 rings (SSSR count). The number of amides is 2. The molecule has 2 amide bonds. The van der Waals surface area contributed by atoms with Gasteiger partial charge in [0.2, 0.25) is 12.0 Å². The van der Waals surface area contributed by atoms with Crippen LogP contribution in [-0.4, -0.2) is 30.2 Å². The quantitative estimate of drug-likeness (QED) is 0.779. The minimum atomic E-state index is -0.707. The number of carbonyl (C=O) groups excluding carboxylic acids is 2. The van der Waals surface area contributed by atoms with Gasteiger partial charge in [-0.05, 0) is 5.56 Å². The van der Waals surface area contributed by atoms with Crippen LogP contribution < -0.4 is 11.1 Å². The molecular weight excluding hydrogens is 246 g/mol. The summed E-state index contributed by atoms with van der Waals surface area (Å²) in [5.74, 6) is -0.647. The molecule has 6 heteroatoms. The lowest BCUT2D eigenvalue weighted by molar-refractivity contribution is -0.127. The summed E-state index contributed by atoms with van der Waals surface area (Å²) in [5.41, 5.74) is 6.65. The molecule has 19 heavy (non-hydrogen) atoms. The molecule has 1 aromatic rings. The van der Waals surface area contributed by atoms with Gasteiger partial charge in [0.1, 0.15) is 0 Å². The zero-order valence-electron chi connectivity index (χ0n) is 10.3. The Morgan fingerprint density at radius 1 is 1.37 bits per heavy atom. The van der Waals surface area contributed by atoms with E-state index in [1.807, 2.05) is 30.3 Å². The van der Waals surface area contributed by atoms with E-state index in [1.165, 1.54) is 0 Å². The van der Waals surface area contributed by atoms with Gasteiger partial charge in [0.15, 0.2) is 0 Å². The van der Waals surface area contributed by atoms with Crippen LogP contribution >= 0.6 is 0 Å². The largest absolute Gasteiger partial charge is 0.382 e. The summed E-state index contributed by atoms with van der Waals surface area (Å²) in [4.78, 5) is 27.4. The number of nitrogens with two attached hydrogens (primary N) is 1. The van der Waals surface area contributed by atoms with Gasteiger partial charge in [-0.25, -0.2) is 0 Å². The number of nitrogens with zero attached hydrogens (tertiary/aromatic N) is 1. The molecule has 0 aliphatic carbocycles. The lowest BCUT2D eigenvalue weighted by Crippen LogP contribution is -2.33. The van der Waals surface area contributed by atoms with Gasteiger partial charge >= 0.3 is 0 Å². The van der Waals surface area contributed by atoms with Crippen molar-refractivity contribution in [2.75, 3.05) is 6.54 Å². The molecule has 0 bridgehead atoms. The molecule has 3 N–H and O–H groups in total. The highest BCUT2D eigenvalue weighted by Crippen LogP contribution is 2.09. The molecule has 100 valence electrons. The van der Waals surface area contributed by atoms with Gasteiger partial charge in [-0.2, -0.15) is 0 Å². The van der Waals surface area contributed by atoms with Gasteiger partial charge < -0.3 is 15.9 Å². The molecule has 1 atom stereocenters. The SMILES string of the molecule is NC(=O)C1CC(CNC(=O)Cc2ccccc2)=NO1. The molecule has 0 spiro atoms.